The van der Waals surface area contributed by atoms with Crippen molar-refractivity contribution in [2.24, 2.45) is 0 Å². The van der Waals surface area contributed by atoms with Crippen LogP contribution in [0.5, 0.6) is 0 Å². The Kier molecular flexibility index (Phi) is 3.59. The summed E-state index contributed by atoms with van der Waals surface area (Å²) in [5.74, 6) is 2.21. The number of terminal acetylenes is 1. The number of hydrogen-bond acceptors (Lipinski definition) is 2. The summed E-state index contributed by atoms with van der Waals surface area (Å²) in [5, 5.41) is 8.96. The summed E-state index contributed by atoms with van der Waals surface area (Å²) < 4.78 is 5.11. The Balaban J connectivity index is 2.25. The molecule has 0 fully saturated rings. The maximum atomic E-state index is 8.96. The summed E-state index contributed by atoms with van der Waals surface area (Å²) >= 11 is 0. The molecule has 1 heterocycles. The first kappa shape index (κ1) is 9.05. The van der Waals surface area contributed by atoms with Crippen molar-refractivity contribution in [2.75, 3.05) is 13.2 Å². The van der Waals surface area contributed by atoms with Gasteiger partial charge in [-0.25, -0.2) is 0 Å². The molecule has 64 valence electrons. The number of aliphatic hydroxyl groups excluding tert-OH is 1. The highest BCUT2D eigenvalue weighted by molar-refractivity contribution is 5.14. The molecule has 0 aromatic rings. The van der Waals surface area contributed by atoms with E-state index in [0.29, 0.717) is 13.2 Å². The number of allylic oxidation sites excluding steroid dienone is 1. The number of rotatable bonds is 3. The molecule has 0 aromatic carbocycles. The van der Waals surface area contributed by atoms with Crippen LogP contribution in [0.3, 0.4) is 0 Å². The van der Waals surface area contributed by atoms with Crippen molar-refractivity contribution < 1.29 is 9.84 Å². The quantitative estimate of drug-likeness (QED) is 0.495. The van der Waals surface area contributed by atoms with Gasteiger partial charge in [0.05, 0.1) is 13.2 Å². The molecule has 1 aliphatic heterocycles. The molecule has 0 saturated heterocycles. The van der Waals surface area contributed by atoms with Gasteiger partial charge in [0.15, 0.2) is 0 Å². The minimum atomic E-state index is -0.757. The van der Waals surface area contributed by atoms with Crippen LogP contribution in [0.1, 0.15) is 6.42 Å². The van der Waals surface area contributed by atoms with Gasteiger partial charge >= 0.3 is 0 Å². The second-order valence-electron chi connectivity index (χ2n) is 2.62. The maximum absolute atomic E-state index is 8.96. The van der Waals surface area contributed by atoms with Crippen LogP contribution in [0, 0.1) is 12.3 Å². The van der Waals surface area contributed by atoms with E-state index in [1.165, 1.54) is 5.57 Å². The molecule has 0 aliphatic carbocycles. The molecule has 0 bridgehead atoms. The summed E-state index contributed by atoms with van der Waals surface area (Å²) in [6, 6.07) is 0. The van der Waals surface area contributed by atoms with Gasteiger partial charge in [-0.1, -0.05) is 18.1 Å². The van der Waals surface area contributed by atoms with Gasteiger partial charge in [0.2, 0.25) is 0 Å². The predicted octanol–water partition coefficient (Wildman–Crippen LogP) is 0.883. The summed E-state index contributed by atoms with van der Waals surface area (Å²) in [6.07, 6.45) is 10.6. The standard InChI is InChI=1S/C10H12O2/c1-2-10(11)5-3-4-9-6-7-12-8-9/h1,3,5-6,10-11H,4,7-8H2. The zero-order chi connectivity index (χ0) is 8.81. The van der Waals surface area contributed by atoms with E-state index in [1.54, 1.807) is 6.08 Å². The fraction of sp³-hybridized carbons (Fsp3) is 0.400. The predicted molar refractivity (Wildman–Crippen MR) is 47.5 cm³/mol. The zero-order valence-electron chi connectivity index (χ0n) is 6.86. The third-order valence-corrected chi connectivity index (χ3v) is 1.65. The monoisotopic (exact) mass is 164 g/mol. The third-order valence-electron chi connectivity index (χ3n) is 1.65. The molecular weight excluding hydrogens is 152 g/mol. The first-order valence-corrected chi connectivity index (χ1v) is 3.89. The SMILES string of the molecule is C#CC(O)C=CCC1=CCOC1. The lowest BCUT2D eigenvalue weighted by molar-refractivity contribution is 0.207. The van der Waals surface area contributed by atoms with Gasteiger partial charge in [-0.15, -0.1) is 6.42 Å². The van der Waals surface area contributed by atoms with Gasteiger partial charge in [-0.3, -0.25) is 0 Å². The molecule has 1 atom stereocenters. The van der Waals surface area contributed by atoms with Gasteiger partial charge in [0, 0.05) is 0 Å². The summed E-state index contributed by atoms with van der Waals surface area (Å²) in [6.45, 7) is 1.41. The van der Waals surface area contributed by atoms with Crippen LogP contribution >= 0.6 is 0 Å². The molecule has 2 heteroatoms. The second kappa shape index (κ2) is 4.76. The molecule has 12 heavy (non-hydrogen) atoms. The van der Waals surface area contributed by atoms with E-state index in [9.17, 15) is 0 Å². The molecule has 2 nitrogen and oxygen atoms in total. The summed E-state index contributed by atoms with van der Waals surface area (Å²) in [7, 11) is 0. The molecule has 0 radical (unpaired) electrons. The van der Waals surface area contributed by atoms with Crippen LogP contribution in [-0.4, -0.2) is 24.4 Å². The topological polar surface area (TPSA) is 29.5 Å². The molecule has 0 amide bonds. The Morgan fingerprint density at radius 3 is 3.25 bits per heavy atom. The smallest absolute Gasteiger partial charge is 0.133 e. The summed E-state index contributed by atoms with van der Waals surface area (Å²) in [5.41, 5.74) is 1.25. The third kappa shape index (κ3) is 2.91. The zero-order valence-corrected chi connectivity index (χ0v) is 6.86. The summed E-state index contributed by atoms with van der Waals surface area (Å²) in [4.78, 5) is 0. The molecular formula is C10H12O2. The molecule has 1 unspecified atom stereocenters. The van der Waals surface area contributed by atoms with E-state index in [1.807, 2.05) is 12.2 Å². The fourth-order valence-corrected chi connectivity index (χ4v) is 0.972. The molecule has 1 aliphatic rings. The second-order valence-corrected chi connectivity index (χ2v) is 2.62. The Morgan fingerprint density at radius 1 is 1.83 bits per heavy atom. The van der Waals surface area contributed by atoms with E-state index >= 15 is 0 Å². The number of aliphatic hydroxyl groups is 1. The van der Waals surface area contributed by atoms with Crippen LogP contribution in [0.2, 0.25) is 0 Å². The van der Waals surface area contributed by atoms with E-state index < -0.39 is 6.10 Å². The minimum Gasteiger partial charge on any atom is -0.377 e. The van der Waals surface area contributed by atoms with E-state index in [0.717, 1.165) is 6.42 Å². The Hall–Kier alpha value is -1.04. The largest absolute Gasteiger partial charge is 0.377 e. The molecule has 0 aromatic heterocycles. The highest BCUT2D eigenvalue weighted by atomic mass is 16.5. The van der Waals surface area contributed by atoms with E-state index in [2.05, 4.69) is 5.92 Å². The van der Waals surface area contributed by atoms with Gasteiger partial charge in [-0.05, 0) is 18.1 Å². The van der Waals surface area contributed by atoms with Crippen molar-refractivity contribution in [2.45, 2.75) is 12.5 Å². The molecule has 0 saturated carbocycles. The van der Waals surface area contributed by atoms with Crippen molar-refractivity contribution in [1.82, 2.24) is 0 Å². The van der Waals surface area contributed by atoms with Gasteiger partial charge in [0.1, 0.15) is 6.10 Å². The lowest BCUT2D eigenvalue weighted by atomic mass is 10.2. The highest BCUT2D eigenvalue weighted by Gasteiger charge is 2.01. The molecule has 1 N–H and O–H groups in total. The first-order valence-electron chi connectivity index (χ1n) is 3.89. The van der Waals surface area contributed by atoms with Crippen molar-refractivity contribution in [1.29, 1.82) is 0 Å². The van der Waals surface area contributed by atoms with Crippen LogP contribution in [0.15, 0.2) is 23.8 Å². The van der Waals surface area contributed by atoms with Crippen LogP contribution < -0.4 is 0 Å². The van der Waals surface area contributed by atoms with Gasteiger partial charge in [-0.2, -0.15) is 0 Å². The Labute approximate surface area is 72.5 Å². The van der Waals surface area contributed by atoms with E-state index in [-0.39, 0.29) is 0 Å². The molecule has 1 rings (SSSR count). The van der Waals surface area contributed by atoms with Crippen LogP contribution in [0.4, 0.5) is 0 Å². The van der Waals surface area contributed by atoms with E-state index in [4.69, 9.17) is 16.3 Å². The van der Waals surface area contributed by atoms with Crippen LogP contribution in [-0.2, 0) is 4.74 Å². The highest BCUT2D eigenvalue weighted by Crippen LogP contribution is 2.09. The number of hydrogen-bond donors (Lipinski definition) is 1. The lowest BCUT2D eigenvalue weighted by Crippen LogP contribution is -1.95. The van der Waals surface area contributed by atoms with Crippen molar-refractivity contribution in [3.05, 3.63) is 23.8 Å². The van der Waals surface area contributed by atoms with Crippen molar-refractivity contribution >= 4 is 0 Å². The lowest BCUT2D eigenvalue weighted by Gasteiger charge is -1.95. The minimum absolute atomic E-state index is 0.705. The van der Waals surface area contributed by atoms with Gasteiger partial charge < -0.3 is 9.84 Å². The average molecular weight is 164 g/mol. The molecule has 0 spiro atoms. The van der Waals surface area contributed by atoms with Crippen molar-refractivity contribution in [3.63, 3.8) is 0 Å². The number of ether oxygens (including phenoxy) is 1. The fourth-order valence-electron chi connectivity index (χ4n) is 0.972. The maximum Gasteiger partial charge on any atom is 0.133 e. The average Bonchev–Trinajstić information content (AvgIpc) is 2.57. The first-order chi connectivity index (χ1) is 5.83. The normalized spacial score (nSPS) is 19.2. The van der Waals surface area contributed by atoms with Crippen LogP contribution in [0.25, 0.3) is 0 Å². The van der Waals surface area contributed by atoms with Crippen molar-refractivity contribution in [3.8, 4) is 12.3 Å². The Bertz CT molecular complexity index is 233. The Morgan fingerprint density at radius 2 is 2.67 bits per heavy atom. The van der Waals surface area contributed by atoms with Gasteiger partial charge in [0.25, 0.3) is 0 Å².